The highest BCUT2D eigenvalue weighted by molar-refractivity contribution is 7.89. The maximum absolute atomic E-state index is 13.0. The largest absolute Gasteiger partial charge is 0.416 e. The van der Waals surface area contributed by atoms with Crippen molar-refractivity contribution in [1.29, 1.82) is 0 Å². The van der Waals surface area contributed by atoms with Crippen molar-refractivity contribution in [2.75, 3.05) is 20.1 Å². The van der Waals surface area contributed by atoms with E-state index in [2.05, 4.69) is 5.32 Å². The number of nitrogens with one attached hydrogen (secondary N) is 1. The molecule has 0 spiro atoms. The van der Waals surface area contributed by atoms with Crippen LogP contribution in [-0.4, -0.2) is 38.9 Å². The molecule has 1 saturated heterocycles. The third-order valence-corrected chi connectivity index (χ3v) is 5.92. The molecule has 0 saturated carbocycles. The number of nitrogens with zero attached hydrogens (tertiary/aromatic N) is 1. The van der Waals surface area contributed by atoms with E-state index in [0.717, 1.165) is 6.07 Å². The zero-order valence-corrected chi connectivity index (χ0v) is 14.5. The number of hydrogen-bond acceptors (Lipinski definition) is 3. The molecule has 0 unspecified atom stereocenters. The van der Waals surface area contributed by atoms with E-state index >= 15 is 0 Å². The molecule has 1 aromatic rings. The van der Waals surface area contributed by atoms with E-state index in [-0.39, 0.29) is 28.9 Å². The first-order chi connectivity index (χ1) is 10.1. The number of piperidine rings is 1. The summed E-state index contributed by atoms with van der Waals surface area (Å²) in [4.78, 5) is -0.313. The van der Waals surface area contributed by atoms with Gasteiger partial charge in [0.1, 0.15) is 0 Å². The van der Waals surface area contributed by atoms with Crippen molar-refractivity contribution in [1.82, 2.24) is 9.62 Å². The van der Waals surface area contributed by atoms with Crippen LogP contribution in [0.5, 0.6) is 0 Å². The van der Waals surface area contributed by atoms with Crippen LogP contribution in [0.2, 0.25) is 0 Å². The van der Waals surface area contributed by atoms with Gasteiger partial charge in [-0.3, -0.25) is 0 Å². The van der Waals surface area contributed by atoms with E-state index < -0.39 is 21.8 Å². The molecule has 0 radical (unpaired) electrons. The first-order valence-electron chi connectivity index (χ1n) is 7.00. The minimum Gasteiger partial charge on any atom is -0.317 e. The third-order valence-electron chi connectivity index (χ3n) is 4.01. The van der Waals surface area contributed by atoms with Crippen LogP contribution in [0.25, 0.3) is 0 Å². The van der Waals surface area contributed by atoms with E-state index in [0.29, 0.717) is 25.9 Å². The molecule has 0 amide bonds. The molecule has 23 heavy (non-hydrogen) atoms. The van der Waals surface area contributed by atoms with Gasteiger partial charge in [0.05, 0.1) is 10.5 Å². The van der Waals surface area contributed by atoms with E-state index in [9.17, 15) is 21.6 Å². The lowest BCUT2D eigenvalue weighted by molar-refractivity contribution is -0.138. The van der Waals surface area contributed by atoms with Crippen LogP contribution < -0.4 is 5.32 Å². The van der Waals surface area contributed by atoms with Crippen molar-refractivity contribution >= 4 is 22.4 Å². The Balaban J connectivity index is 0.00000264. The van der Waals surface area contributed by atoms with Gasteiger partial charge < -0.3 is 5.32 Å². The number of alkyl halides is 3. The third kappa shape index (κ3) is 4.37. The van der Waals surface area contributed by atoms with E-state index in [1.54, 1.807) is 0 Å². The van der Waals surface area contributed by atoms with Crippen molar-refractivity contribution in [2.24, 2.45) is 0 Å². The van der Waals surface area contributed by atoms with Crippen LogP contribution in [-0.2, 0) is 16.2 Å². The highest BCUT2D eigenvalue weighted by Gasteiger charge is 2.35. The van der Waals surface area contributed by atoms with Gasteiger partial charge >= 0.3 is 6.18 Å². The number of aryl methyl sites for hydroxylation is 1. The summed E-state index contributed by atoms with van der Waals surface area (Å²) in [5, 5.41) is 3.13. The predicted octanol–water partition coefficient (Wildman–Crippen LogP) is 2.81. The van der Waals surface area contributed by atoms with Gasteiger partial charge in [-0.25, -0.2) is 8.42 Å². The van der Waals surface area contributed by atoms with Crippen LogP contribution in [0.3, 0.4) is 0 Å². The summed E-state index contributed by atoms with van der Waals surface area (Å²) < 4.78 is 65.2. The molecule has 4 nitrogen and oxygen atoms in total. The van der Waals surface area contributed by atoms with Gasteiger partial charge in [0, 0.05) is 13.1 Å². The lowest BCUT2D eigenvalue weighted by Gasteiger charge is -2.31. The molecule has 0 atom stereocenters. The fraction of sp³-hybridized carbons (Fsp3) is 0.571. The van der Waals surface area contributed by atoms with Gasteiger partial charge in [-0.2, -0.15) is 17.5 Å². The minimum absolute atomic E-state index is 0. The highest BCUT2D eigenvalue weighted by atomic mass is 35.5. The van der Waals surface area contributed by atoms with E-state index in [4.69, 9.17) is 0 Å². The summed E-state index contributed by atoms with van der Waals surface area (Å²) in [7, 11) is -2.50. The molecule has 1 N–H and O–H groups in total. The second-order valence-corrected chi connectivity index (χ2v) is 7.47. The van der Waals surface area contributed by atoms with Crippen molar-refractivity contribution < 1.29 is 21.6 Å². The number of hydrogen-bond donors (Lipinski definition) is 1. The molecule has 0 aromatic heterocycles. The molecule has 1 heterocycles. The molecule has 1 aliphatic heterocycles. The van der Waals surface area contributed by atoms with Gasteiger partial charge in [0.2, 0.25) is 10.0 Å². The number of benzene rings is 1. The maximum Gasteiger partial charge on any atom is 0.416 e. The molecule has 1 fully saturated rings. The molecule has 1 aliphatic rings. The fourth-order valence-electron chi connectivity index (χ4n) is 2.60. The van der Waals surface area contributed by atoms with Gasteiger partial charge in [-0.1, -0.05) is 6.07 Å². The van der Waals surface area contributed by atoms with Crippen molar-refractivity contribution in [3.63, 3.8) is 0 Å². The summed E-state index contributed by atoms with van der Waals surface area (Å²) in [5.41, 5.74) is -0.900. The maximum atomic E-state index is 13.0. The molecule has 132 valence electrons. The summed E-state index contributed by atoms with van der Waals surface area (Å²) in [6, 6.07) is 2.97. The Morgan fingerprint density at radius 2 is 1.78 bits per heavy atom. The van der Waals surface area contributed by atoms with Gasteiger partial charge in [0.25, 0.3) is 0 Å². The second kappa shape index (κ2) is 7.38. The lowest BCUT2D eigenvalue weighted by atomic mass is 10.1. The monoisotopic (exact) mass is 372 g/mol. The average molecular weight is 373 g/mol. The van der Waals surface area contributed by atoms with Crippen LogP contribution in [0.4, 0.5) is 13.2 Å². The molecule has 0 aliphatic carbocycles. The van der Waals surface area contributed by atoms with Crippen molar-refractivity contribution in [3.8, 4) is 0 Å². The smallest absolute Gasteiger partial charge is 0.317 e. The summed E-state index contributed by atoms with van der Waals surface area (Å²) in [5.74, 6) is 0. The summed E-state index contributed by atoms with van der Waals surface area (Å²) in [6.07, 6.45) is -3.27. The van der Waals surface area contributed by atoms with Crippen LogP contribution >= 0.6 is 12.4 Å². The summed E-state index contributed by atoms with van der Waals surface area (Å²) >= 11 is 0. The zero-order chi connectivity index (χ0) is 16.5. The number of halogens is 4. The predicted molar refractivity (Wildman–Crippen MR) is 84.3 cm³/mol. The van der Waals surface area contributed by atoms with Crippen molar-refractivity contribution in [2.45, 2.75) is 36.9 Å². The lowest BCUT2D eigenvalue weighted by Crippen LogP contribution is -2.43. The topological polar surface area (TPSA) is 49.4 Å². The van der Waals surface area contributed by atoms with Gasteiger partial charge in [0.15, 0.2) is 0 Å². The first-order valence-corrected chi connectivity index (χ1v) is 8.44. The molecule has 2 rings (SSSR count). The fourth-order valence-corrected chi connectivity index (χ4v) is 4.04. The highest BCUT2D eigenvalue weighted by Crippen LogP contribution is 2.34. The molecule has 1 aromatic carbocycles. The first kappa shape index (κ1) is 20.2. The normalized spacial score (nSPS) is 17.1. The van der Waals surface area contributed by atoms with Crippen molar-refractivity contribution in [3.05, 3.63) is 29.3 Å². The Morgan fingerprint density at radius 1 is 1.22 bits per heavy atom. The average Bonchev–Trinajstić information content (AvgIpc) is 2.46. The number of sulfonamides is 1. The summed E-state index contributed by atoms with van der Waals surface area (Å²) in [6.45, 7) is 2.72. The number of rotatable bonds is 3. The Labute approximate surface area is 140 Å². The van der Waals surface area contributed by atoms with Crippen LogP contribution in [0, 0.1) is 6.92 Å². The zero-order valence-electron chi connectivity index (χ0n) is 12.9. The Bertz CT molecular complexity index is 644. The van der Waals surface area contributed by atoms with Gasteiger partial charge in [-0.15, -0.1) is 12.4 Å². The molecule has 9 heteroatoms. The Morgan fingerprint density at radius 3 is 2.30 bits per heavy atom. The van der Waals surface area contributed by atoms with Gasteiger partial charge in [-0.05, 0) is 50.6 Å². The minimum atomic E-state index is -4.57. The molecular weight excluding hydrogens is 353 g/mol. The molecular formula is C14H20ClF3N2O2S. The quantitative estimate of drug-likeness (QED) is 0.887. The second-order valence-electron chi connectivity index (χ2n) is 5.48. The standard InChI is InChI=1S/C14H19F3N2O2S.ClH/c1-10-3-4-12(9-13(10)14(15,16)17)22(20,21)19(2)11-5-7-18-8-6-11;/h3-4,9,11,18H,5-8H2,1-2H3;1H. The van der Waals surface area contributed by atoms with Crippen LogP contribution in [0.1, 0.15) is 24.0 Å². The Hall–Kier alpha value is -0.830. The Kier molecular flexibility index (Phi) is 6.48. The van der Waals surface area contributed by atoms with Crippen LogP contribution in [0.15, 0.2) is 23.1 Å². The molecule has 0 bridgehead atoms. The van der Waals surface area contributed by atoms with E-state index in [1.807, 2.05) is 0 Å². The SMILES string of the molecule is Cc1ccc(S(=O)(=O)N(C)C2CCNCC2)cc1C(F)(F)F.Cl. The van der Waals surface area contributed by atoms with E-state index in [1.165, 1.54) is 30.4 Å².